The predicted octanol–water partition coefficient (Wildman–Crippen LogP) is 2.26. The van der Waals surface area contributed by atoms with Gasteiger partial charge >= 0.3 is 0 Å². The Kier molecular flexibility index (Phi) is 6.31. The van der Waals surface area contributed by atoms with Gasteiger partial charge in [0.25, 0.3) is 11.8 Å². The van der Waals surface area contributed by atoms with Gasteiger partial charge in [-0.05, 0) is 37.8 Å². The number of aliphatic hydroxyl groups is 1. The number of carbonyl (C=O) groups is 2. The van der Waals surface area contributed by atoms with Crippen molar-refractivity contribution >= 4 is 34.0 Å². The molecule has 0 atom stereocenters. The molecule has 1 aliphatic heterocycles. The Bertz CT molecular complexity index is 904. The van der Waals surface area contributed by atoms with E-state index in [1.165, 1.54) is 11.3 Å². The molecule has 0 spiro atoms. The number of nitrogens with zero attached hydrogens (tertiary/aromatic N) is 2. The molecule has 0 bridgehead atoms. The van der Waals surface area contributed by atoms with Crippen LogP contribution in [-0.2, 0) is 4.74 Å². The molecule has 2 heterocycles. The molecule has 4 rings (SSSR count). The van der Waals surface area contributed by atoms with E-state index in [9.17, 15) is 14.7 Å². The van der Waals surface area contributed by atoms with Gasteiger partial charge in [0, 0.05) is 31.6 Å². The molecule has 30 heavy (non-hydrogen) atoms. The van der Waals surface area contributed by atoms with Crippen molar-refractivity contribution in [1.29, 1.82) is 0 Å². The van der Waals surface area contributed by atoms with Gasteiger partial charge in [0.1, 0.15) is 5.69 Å². The summed E-state index contributed by atoms with van der Waals surface area (Å²) in [5.41, 5.74) is 1.19. The summed E-state index contributed by atoms with van der Waals surface area (Å²) in [6.45, 7) is 1.54. The average Bonchev–Trinajstić information content (AvgIpc) is 3.19. The van der Waals surface area contributed by atoms with Crippen LogP contribution in [0.25, 0.3) is 0 Å². The smallest absolute Gasteiger partial charge is 0.275 e. The Morgan fingerprint density at radius 1 is 1.17 bits per heavy atom. The lowest BCUT2D eigenvalue weighted by Crippen LogP contribution is -2.51. The number of nitrogens with one attached hydrogen (secondary N) is 2. The van der Waals surface area contributed by atoms with Crippen molar-refractivity contribution in [3.8, 4) is 0 Å². The topological polar surface area (TPSA) is 104 Å². The van der Waals surface area contributed by atoms with E-state index in [4.69, 9.17) is 4.74 Å². The minimum Gasteiger partial charge on any atom is -0.393 e. The highest BCUT2D eigenvalue weighted by Crippen LogP contribution is 2.27. The number of carbonyl (C=O) groups excluding carboxylic acids is 2. The lowest BCUT2D eigenvalue weighted by molar-refractivity contribution is 0.0787. The maximum absolute atomic E-state index is 12.8. The molecule has 2 aromatic rings. The number of aliphatic hydroxyl groups excluding tert-OH is 1. The summed E-state index contributed by atoms with van der Waals surface area (Å²) in [5.74, 6) is -0.570. The van der Waals surface area contributed by atoms with E-state index in [0.29, 0.717) is 29.8 Å². The summed E-state index contributed by atoms with van der Waals surface area (Å²) >= 11 is 1.42. The number of ether oxygens (including phenoxy) is 1. The molecule has 2 amide bonds. The molecule has 0 radical (unpaired) electrons. The fourth-order valence-corrected chi connectivity index (χ4v) is 4.54. The number of para-hydroxylation sites is 1. The van der Waals surface area contributed by atoms with E-state index in [0.717, 1.165) is 31.1 Å². The molecule has 1 aromatic carbocycles. The summed E-state index contributed by atoms with van der Waals surface area (Å²) < 4.78 is 5.27. The largest absolute Gasteiger partial charge is 0.393 e. The summed E-state index contributed by atoms with van der Waals surface area (Å²) in [6.07, 6.45) is 2.83. The Morgan fingerprint density at radius 3 is 2.63 bits per heavy atom. The molecule has 160 valence electrons. The standard InChI is InChI=1S/C21H26N4O4S/c1-29-15-10-25(11-15)21-24-18(12-30-21)20(28)23-17-5-3-2-4-16(17)19(27)22-13-6-8-14(26)9-7-13/h2-5,12-15,26H,6-11H2,1H3,(H,22,27)(H,23,28). The molecule has 1 saturated heterocycles. The number of methoxy groups -OCH3 is 1. The maximum atomic E-state index is 12.8. The average molecular weight is 431 g/mol. The second kappa shape index (κ2) is 9.11. The number of aromatic nitrogens is 1. The third-order valence-corrected chi connectivity index (χ3v) is 6.53. The van der Waals surface area contributed by atoms with Crippen molar-refractivity contribution in [3.05, 3.63) is 40.9 Å². The van der Waals surface area contributed by atoms with Crippen molar-refractivity contribution in [2.75, 3.05) is 30.4 Å². The van der Waals surface area contributed by atoms with Crippen LogP contribution in [0.5, 0.6) is 0 Å². The van der Waals surface area contributed by atoms with Crippen LogP contribution in [0.3, 0.4) is 0 Å². The summed E-state index contributed by atoms with van der Waals surface area (Å²) in [5, 5.41) is 18.0. The summed E-state index contributed by atoms with van der Waals surface area (Å²) in [4.78, 5) is 32.0. The van der Waals surface area contributed by atoms with E-state index >= 15 is 0 Å². The number of benzene rings is 1. The minimum absolute atomic E-state index is 0.0400. The van der Waals surface area contributed by atoms with Gasteiger partial charge in [-0.25, -0.2) is 4.98 Å². The summed E-state index contributed by atoms with van der Waals surface area (Å²) in [7, 11) is 1.69. The first-order valence-electron chi connectivity index (χ1n) is 10.2. The molecule has 1 aliphatic carbocycles. The maximum Gasteiger partial charge on any atom is 0.275 e. The van der Waals surface area contributed by atoms with Crippen molar-refractivity contribution in [1.82, 2.24) is 10.3 Å². The molecular weight excluding hydrogens is 404 g/mol. The van der Waals surface area contributed by atoms with Crippen molar-refractivity contribution in [2.45, 2.75) is 43.9 Å². The Balaban J connectivity index is 1.39. The molecule has 1 saturated carbocycles. The monoisotopic (exact) mass is 430 g/mol. The summed E-state index contributed by atoms with van der Waals surface area (Å²) in [6, 6.07) is 6.99. The van der Waals surface area contributed by atoms with Crippen LogP contribution in [0.1, 0.15) is 46.5 Å². The van der Waals surface area contributed by atoms with Crippen LogP contribution in [-0.4, -0.2) is 60.4 Å². The van der Waals surface area contributed by atoms with Gasteiger partial charge in [-0.3, -0.25) is 9.59 Å². The van der Waals surface area contributed by atoms with Gasteiger partial charge in [0.05, 0.1) is 23.5 Å². The normalized spacial score (nSPS) is 21.7. The quantitative estimate of drug-likeness (QED) is 0.650. The fourth-order valence-electron chi connectivity index (χ4n) is 3.72. The van der Waals surface area contributed by atoms with Crippen LogP contribution in [0, 0.1) is 0 Å². The fraction of sp³-hybridized carbons (Fsp3) is 0.476. The van der Waals surface area contributed by atoms with E-state index in [-0.39, 0.29) is 30.1 Å². The van der Waals surface area contributed by atoms with Crippen LogP contribution < -0.4 is 15.5 Å². The second-order valence-corrected chi connectivity index (χ2v) is 8.59. The van der Waals surface area contributed by atoms with Gasteiger partial charge < -0.3 is 25.4 Å². The first kappa shape index (κ1) is 20.8. The Labute approximate surface area is 179 Å². The molecule has 9 heteroatoms. The minimum atomic E-state index is -0.345. The van der Waals surface area contributed by atoms with Crippen LogP contribution in [0.2, 0.25) is 0 Å². The van der Waals surface area contributed by atoms with Gasteiger partial charge in [-0.2, -0.15) is 0 Å². The number of thiazole rings is 1. The Morgan fingerprint density at radius 2 is 1.90 bits per heavy atom. The molecular formula is C21H26N4O4S. The number of anilines is 2. The number of hydrogen-bond acceptors (Lipinski definition) is 7. The van der Waals surface area contributed by atoms with E-state index in [1.807, 2.05) is 0 Å². The lowest BCUT2D eigenvalue weighted by Gasteiger charge is -2.37. The number of amides is 2. The van der Waals surface area contributed by atoms with Crippen LogP contribution in [0.15, 0.2) is 29.6 Å². The third-order valence-electron chi connectivity index (χ3n) is 5.63. The van der Waals surface area contributed by atoms with Gasteiger partial charge in [0.15, 0.2) is 5.13 Å². The molecule has 0 unspecified atom stereocenters. The second-order valence-electron chi connectivity index (χ2n) is 7.76. The van der Waals surface area contributed by atoms with Crippen LogP contribution >= 0.6 is 11.3 Å². The van der Waals surface area contributed by atoms with E-state index in [1.54, 1.807) is 36.8 Å². The highest BCUT2D eigenvalue weighted by atomic mass is 32.1. The number of rotatable bonds is 6. The van der Waals surface area contributed by atoms with Gasteiger partial charge in [-0.1, -0.05) is 12.1 Å². The third kappa shape index (κ3) is 4.63. The highest BCUT2D eigenvalue weighted by Gasteiger charge is 2.29. The van der Waals surface area contributed by atoms with E-state index < -0.39 is 0 Å². The molecule has 3 N–H and O–H groups in total. The zero-order chi connectivity index (χ0) is 21.1. The highest BCUT2D eigenvalue weighted by molar-refractivity contribution is 7.14. The van der Waals surface area contributed by atoms with Crippen molar-refractivity contribution in [2.24, 2.45) is 0 Å². The molecule has 8 nitrogen and oxygen atoms in total. The van der Waals surface area contributed by atoms with Crippen molar-refractivity contribution < 1.29 is 19.4 Å². The zero-order valence-electron chi connectivity index (χ0n) is 16.8. The Hall–Kier alpha value is -2.49. The molecule has 1 aromatic heterocycles. The molecule has 2 aliphatic rings. The SMILES string of the molecule is COC1CN(c2nc(C(=O)Nc3ccccc3C(=O)NC3CCC(O)CC3)cs2)C1. The van der Waals surface area contributed by atoms with Crippen molar-refractivity contribution in [3.63, 3.8) is 0 Å². The van der Waals surface area contributed by atoms with Gasteiger partial charge in [0.2, 0.25) is 0 Å². The van der Waals surface area contributed by atoms with E-state index in [2.05, 4.69) is 20.5 Å². The van der Waals surface area contributed by atoms with Crippen LogP contribution in [0.4, 0.5) is 10.8 Å². The van der Waals surface area contributed by atoms with Gasteiger partial charge in [-0.15, -0.1) is 11.3 Å². The predicted molar refractivity (Wildman–Crippen MR) is 115 cm³/mol. The molecule has 2 fully saturated rings. The zero-order valence-corrected chi connectivity index (χ0v) is 17.7. The first-order chi connectivity index (χ1) is 14.5. The number of hydrogen-bond donors (Lipinski definition) is 3. The first-order valence-corrected chi connectivity index (χ1v) is 11.0. The lowest BCUT2D eigenvalue weighted by atomic mass is 9.93.